The van der Waals surface area contributed by atoms with Crippen molar-refractivity contribution >= 4 is 39.6 Å². The molecule has 3 aromatic carbocycles. The van der Waals surface area contributed by atoms with Crippen LogP contribution >= 0.6 is 0 Å². The Morgan fingerprint density at radius 3 is 2.42 bits per heavy atom. The number of hydrogen-bond acceptors (Lipinski definition) is 6. The normalized spacial score (nSPS) is 15.8. The number of para-hydroxylation sites is 1. The molecule has 1 aromatic heterocycles. The molecule has 0 fully saturated rings. The summed E-state index contributed by atoms with van der Waals surface area (Å²) in [5.41, 5.74) is 17.0. The van der Waals surface area contributed by atoms with Gasteiger partial charge in [0.05, 0.1) is 16.6 Å². The largest absolute Gasteiger partial charge is 0.383 e. The van der Waals surface area contributed by atoms with Gasteiger partial charge in [-0.2, -0.15) is 0 Å². The molecule has 1 aliphatic rings. The summed E-state index contributed by atoms with van der Waals surface area (Å²) in [6, 6.07) is 25.0. The first kappa shape index (κ1) is 25.0. The number of aryl methyl sites for hydroxylation is 1. The number of fused-ring (bicyclic) bond motifs is 1. The lowest BCUT2D eigenvalue weighted by atomic mass is 10.0. The molecule has 8 heteroatoms. The average Bonchev–Trinajstić information content (AvgIpc) is 2.94. The van der Waals surface area contributed by atoms with Gasteiger partial charge in [0.15, 0.2) is 6.29 Å². The molecule has 0 saturated heterocycles. The second-order valence-electron chi connectivity index (χ2n) is 9.00. The fourth-order valence-corrected chi connectivity index (χ4v) is 4.50. The van der Waals surface area contributed by atoms with Crippen LogP contribution in [0.25, 0.3) is 16.5 Å². The molecule has 0 bridgehead atoms. The van der Waals surface area contributed by atoms with Crippen molar-refractivity contribution in [3.05, 3.63) is 108 Å². The first-order valence-corrected chi connectivity index (χ1v) is 12.7. The number of nitrogens with two attached hydrogens (primary N) is 2. The number of aliphatic imine (C=N–C) groups is 1. The lowest BCUT2D eigenvalue weighted by molar-refractivity contribution is 0.102. The van der Waals surface area contributed by atoms with Crippen molar-refractivity contribution in [2.75, 3.05) is 11.9 Å². The smallest absolute Gasteiger partial charge is 0.255 e. The molecule has 1 aliphatic heterocycles. The van der Waals surface area contributed by atoms with Crippen LogP contribution < -0.4 is 22.1 Å². The van der Waals surface area contributed by atoms with Gasteiger partial charge in [0.25, 0.3) is 5.91 Å². The average molecular weight is 506 g/mol. The molecule has 0 aliphatic carbocycles. The van der Waals surface area contributed by atoms with Gasteiger partial charge in [0.2, 0.25) is 0 Å². The van der Waals surface area contributed by atoms with E-state index in [1.807, 2.05) is 72.6 Å². The van der Waals surface area contributed by atoms with Crippen LogP contribution in [0.4, 0.5) is 11.4 Å². The summed E-state index contributed by atoms with van der Waals surface area (Å²) < 4.78 is 2.19. The third-order valence-corrected chi connectivity index (χ3v) is 6.62. The molecular formula is C30H31N7O. The van der Waals surface area contributed by atoms with E-state index in [-0.39, 0.29) is 5.91 Å². The van der Waals surface area contributed by atoms with Crippen molar-refractivity contribution in [2.24, 2.45) is 21.5 Å². The predicted octanol–water partition coefficient (Wildman–Crippen LogP) is 4.42. The number of anilines is 1. The minimum atomic E-state index is -0.471. The fraction of sp³-hybridized carbons (Fsp3) is 0.167. The zero-order valence-corrected chi connectivity index (χ0v) is 21.5. The number of pyridine rings is 1. The molecule has 1 unspecified atom stereocenters. The van der Waals surface area contributed by atoms with E-state index < -0.39 is 6.29 Å². The highest BCUT2D eigenvalue weighted by atomic mass is 16.1. The van der Waals surface area contributed by atoms with Gasteiger partial charge in [-0.1, -0.05) is 30.3 Å². The van der Waals surface area contributed by atoms with E-state index >= 15 is 0 Å². The van der Waals surface area contributed by atoms with Gasteiger partial charge >= 0.3 is 0 Å². The van der Waals surface area contributed by atoms with Crippen molar-refractivity contribution in [1.82, 2.24) is 9.47 Å². The molecular weight excluding hydrogens is 474 g/mol. The predicted molar refractivity (Wildman–Crippen MR) is 154 cm³/mol. The third kappa shape index (κ3) is 5.07. The SMILES string of the molecule is CCN1C=C(c2ccc(NC(=O)c3ccc(N=c4ccn(CC)c5ccccc45)cc3)cc2)C(N)=NC1N. The van der Waals surface area contributed by atoms with Gasteiger partial charge in [-0.3, -0.25) is 10.5 Å². The van der Waals surface area contributed by atoms with Crippen molar-refractivity contribution in [2.45, 2.75) is 26.7 Å². The number of amides is 1. The Kier molecular flexibility index (Phi) is 7.06. The third-order valence-electron chi connectivity index (χ3n) is 6.62. The lowest BCUT2D eigenvalue weighted by Crippen LogP contribution is -2.42. The summed E-state index contributed by atoms with van der Waals surface area (Å²) >= 11 is 0. The Bertz CT molecular complexity index is 1600. The topological polar surface area (TPSA) is 114 Å². The van der Waals surface area contributed by atoms with Crippen LogP contribution in [-0.4, -0.2) is 34.0 Å². The Morgan fingerprint density at radius 2 is 1.71 bits per heavy atom. The molecule has 1 amide bonds. The van der Waals surface area contributed by atoms with Gasteiger partial charge in [-0.15, -0.1) is 0 Å². The molecule has 192 valence electrons. The summed E-state index contributed by atoms with van der Waals surface area (Å²) in [6.45, 7) is 5.74. The Morgan fingerprint density at radius 1 is 0.974 bits per heavy atom. The maximum atomic E-state index is 12.9. The second kappa shape index (κ2) is 10.7. The molecule has 0 saturated carbocycles. The molecule has 5 rings (SSSR count). The van der Waals surface area contributed by atoms with E-state index in [1.165, 1.54) is 0 Å². The van der Waals surface area contributed by atoms with Gasteiger partial charge < -0.3 is 20.5 Å². The van der Waals surface area contributed by atoms with Crippen LogP contribution in [0.5, 0.6) is 0 Å². The summed E-state index contributed by atoms with van der Waals surface area (Å²) in [5.74, 6) is 0.206. The van der Waals surface area contributed by atoms with E-state index in [9.17, 15) is 4.79 Å². The minimum Gasteiger partial charge on any atom is -0.383 e. The number of amidine groups is 1. The number of carbonyl (C=O) groups is 1. The van der Waals surface area contributed by atoms with Crippen LogP contribution in [-0.2, 0) is 6.54 Å². The molecule has 8 nitrogen and oxygen atoms in total. The molecule has 0 spiro atoms. The first-order valence-electron chi connectivity index (χ1n) is 12.7. The molecule has 4 aromatic rings. The van der Waals surface area contributed by atoms with Crippen molar-refractivity contribution < 1.29 is 4.79 Å². The number of nitrogens with zero attached hydrogens (tertiary/aromatic N) is 4. The van der Waals surface area contributed by atoms with Crippen molar-refractivity contribution in [3.8, 4) is 0 Å². The standard InChI is InChI=1S/C30H31N7O/c1-3-36-18-17-26(24-7-5-6-8-27(24)36)33-22-15-11-21(12-16-22)29(38)34-23-13-9-20(10-14-23)25-19-37(4-2)30(32)35-28(25)31/h5-19,30H,3-4,32H2,1-2H3,(H2,31,35)(H,34,38). The quantitative estimate of drug-likeness (QED) is 0.360. The summed E-state index contributed by atoms with van der Waals surface area (Å²) in [4.78, 5) is 23.9. The van der Waals surface area contributed by atoms with Crippen molar-refractivity contribution in [1.29, 1.82) is 0 Å². The maximum absolute atomic E-state index is 12.9. The zero-order chi connectivity index (χ0) is 26.6. The van der Waals surface area contributed by atoms with Gasteiger partial charge in [0, 0.05) is 47.7 Å². The van der Waals surface area contributed by atoms with Gasteiger partial charge in [-0.25, -0.2) is 9.98 Å². The fourth-order valence-electron chi connectivity index (χ4n) is 4.50. The van der Waals surface area contributed by atoms with E-state index in [4.69, 9.17) is 16.5 Å². The van der Waals surface area contributed by atoms with Crippen LogP contribution in [0.3, 0.4) is 0 Å². The number of benzene rings is 3. The van der Waals surface area contributed by atoms with Gasteiger partial charge in [-0.05, 0) is 67.9 Å². The van der Waals surface area contributed by atoms with E-state index in [0.717, 1.165) is 46.2 Å². The summed E-state index contributed by atoms with van der Waals surface area (Å²) in [7, 11) is 0. The van der Waals surface area contributed by atoms with E-state index in [2.05, 4.69) is 40.1 Å². The zero-order valence-electron chi connectivity index (χ0n) is 21.5. The highest BCUT2D eigenvalue weighted by Gasteiger charge is 2.19. The first-order chi connectivity index (χ1) is 18.5. The Labute approximate surface area is 221 Å². The number of aromatic nitrogens is 1. The van der Waals surface area contributed by atoms with Crippen molar-refractivity contribution in [3.63, 3.8) is 0 Å². The Hall–Kier alpha value is -4.69. The monoisotopic (exact) mass is 505 g/mol. The molecule has 1 atom stereocenters. The molecule has 0 radical (unpaired) electrons. The van der Waals surface area contributed by atoms with Crippen LogP contribution in [0.2, 0.25) is 0 Å². The summed E-state index contributed by atoms with van der Waals surface area (Å²) in [5, 5.41) is 4.93. The highest BCUT2D eigenvalue weighted by Crippen LogP contribution is 2.23. The number of nitrogens with one attached hydrogen (secondary N) is 1. The number of carbonyl (C=O) groups excluding carboxylic acids is 1. The van der Waals surface area contributed by atoms with Gasteiger partial charge in [0.1, 0.15) is 5.84 Å². The minimum absolute atomic E-state index is 0.195. The Balaban J connectivity index is 1.31. The second-order valence-corrected chi connectivity index (χ2v) is 9.00. The molecule has 5 N–H and O–H groups in total. The molecule has 38 heavy (non-hydrogen) atoms. The molecule has 2 heterocycles. The number of hydrogen-bond donors (Lipinski definition) is 3. The van der Waals surface area contributed by atoms with Crippen LogP contribution in [0.15, 0.2) is 101 Å². The maximum Gasteiger partial charge on any atom is 0.255 e. The van der Waals surface area contributed by atoms with Crippen LogP contribution in [0.1, 0.15) is 29.8 Å². The summed E-state index contributed by atoms with van der Waals surface area (Å²) in [6.07, 6.45) is 3.50. The highest BCUT2D eigenvalue weighted by molar-refractivity contribution is 6.22. The lowest BCUT2D eigenvalue weighted by Gasteiger charge is -2.28. The van der Waals surface area contributed by atoms with E-state index in [1.54, 1.807) is 12.1 Å². The number of rotatable bonds is 6. The van der Waals surface area contributed by atoms with E-state index in [0.29, 0.717) is 17.1 Å². The van der Waals surface area contributed by atoms with Crippen LogP contribution in [0, 0.1) is 0 Å².